The minimum atomic E-state index is -1.09. The van der Waals surface area contributed by atoms with E-state index in [2.05, 4.69) is 5.10 Å². The van der Waals surface area contributed by atoms with Gasteiger partial charge < -0.3 is 10.0 Å². The third kappa shape index (κ3) is 2.80. The first kappa shape index (κ1) is 11.2. The van der Waals surface area contributed by atoms with E-state index < -0.39 is 5.97 Å². The van der Waals surface area contributed by atoms with Gasteiger partial charge in [-0.2, -0.15) is 5.10 Å². The number of carbonyl (C=O) groups is 2. The monoisotopic (exact) mass is 211 g/mol. The van der Waals surface area contributed by atoms with Gasteiger partial charge in [0.05, 0.1) is 0 Å². The summed E-state index contributed by atoms with van der Waals surface area (Å²) in [6, 6.07) is 1.36. The summed E-state index contributed by atoms with van der Waals surface area (Å²) in [6.45, 7) is 2.55. The Kier molecular flexibility index (Phi) is 3.43. The van der Waals surface area contributed by atoms with Crippen molar-refractivity contribution in [3.05, 3.63) is 18.0 Å². The molecule has 0 bridgehead atoms. The largest absolute Gasteiger partial charge is 0.476 e. The van der Waals surface area contributed by atoms with E-state index in [1.807, 2.05) is 6.92 Å². The third-order valence-corrected chi connectivity index (χ3v) is 2.06. The number of likely N-dealkylation sites (N-methyl/N-ethyl adjacent to an activating group) is 1. The molecule has 15 heavy (non-hydrogen) atoms. The van der Waals surface area contributed by atoms with Crippen LogP contribution in [0.25, 0.3) is 0 Å². The molecule has 0 unspecified atom stereocenters. The molecular formula is C9H13N3O3. The topological polar surface area (TPSA) is 75.4 Å². The summed E-state index contributed by atoms with van der Waals surface area (Å²) in [5.74, 6) is -1.19. The Morgan fingerprint density at radius 1 is 1.60 bits per heavy atom. The zero-order valence-corrected chi connectivity index (χ0v) is 8.67. The van der Waals surface area contributed by atoms with Crippen molar-refractivity contribution in [3.63, 3.8) is 0 Å². The number of aromatic nitrogens is 2. The molecule has 1 rings (SSSR count). The van der Waals surface area contributed by atoms with Crippen molar-refractivity contribution < 1.29 is 14.7 Å². The van der Waals surface area contributed by atoms with Crippen LogP contribution in [0.2, 0.25) is 0 Å². The van der Waals surface area contributed by atoms with Crippen LogP contribution in [-0.4, -0.2) is 45.3 Å². The Balaban J connectivity index is 2.65. The highest BCUT2D eigenvalue weighted by atomic mass is 16.4. The van der Waals surface area contributed by atoms with Crippen molar-refractivity contribution in [1.29, 1.82) is 0 Å². The summed E-state index contributed by atoms with van der Waals surface area (Å²) >= 11 is 0. The summed E-state index contributed by atoms with van der Waals surface area (Å²) in [7, 11) is 1.68. The van der Waals surface area contributed by atoms with Crippen molar-refractivity contribution in [2.24, 2.45) is 0 Å². The Morgan fingerprint density at radius 3 is 2.73 bits per heavy atom. The fraction of sp³-hybridized carbons (Fsp3) is 0.444. The number of hydrogen-bond acceptors (Lipinski definition) is 3. The van der Waals surface area contributed by atoms with Crippen LogP contribution in [0.5, 0.6) is 0 Å². The van der Waals surface area contributed by atoms with E-state index in [0.717, 1.165) is 0 Å². The van der Waals surface area contributed by atoms with Gasteiger partial charge in [-0.15, -0.1) is 0 Å². The van der Waals surface area contributed by atoms with Gasteiger partial charge in [0, 0.05) is 19.8 Å². The van der Waals surface area contributed by atoms with Gasteiger partial charge in [0.1, 0.15) is 6.54 Å². The maximum atomic E-state index is 11.4. The van der Waals surface area contributed by atoms with E-state index in [1.165, 1.54) is 16.9 Å². The highest BCUT2D eigenvalue weighted by molar-refractivity contribution is 5.85. The molecule has 0 aliphatic carbocycles. The van der Waals surface area contributed by atoms with Crippen molar-refractivity contribution in [1.82, 2.24) is 14.7 Å². The fourth-order valence-electron chi connectivity index (χ4n) is 0.999. The van der Waals surface area contributed by atoms with E-state index in [-0.39, 0.29) is 18.1 Å². The minimum Gasteiger partial charge on any atom is -0.476 e. The number of aromatic carboxylic acids is 1. The lowest BCUT2D eigenvalue weighted by Gasteiger charge is -2.13. The van der Waals surface area contributed by atoms with Crippen LogP contribution >= 0.6 is 0 Å². The van der Waals surface area contributed by atoms with Crippen molar-refractivity contribution in [2.75, 3.05) is 13.6 Å². The van der Waals surface area contributed by atoms with Crippen LogP contribution < -0.4 is 0 Å². The first-order chi connectivity index (χ1) is 7.04. The maximum absolute atomic E-state index is 11.4. The molecule has 1 aromatic heterocycles. The molecule has 1 heterocycles. The number of nitrogens with zero attached hydrogens (tertiary/aromatic N) is 3. The maximum Gasteiger partial charge on any atom is 0.356 e. The number of hydrogen-bond donors (Lipinski definition) is 1. The molecule has 0 aliphatic rings. The summed E-state index contributed by atoms with van der Waals surface area (Å²) < 4.78 is 1.32. The molecule has 0 radical (unpaired) electrons. The van der Waals surface area contributed by atoms with Crippen LogP contribution in [0.3, 0.4) is 0 Å². The van der Waals surface area contributed by atoms with Gasteiger partial charge in [0.2, 0.25) is 5.91 Å². The van der Waals surface area contributed by atoms with Gasteiger partial charge in [-0.05, 0) is 13.0 Å². The van der Waals surface area contributed by atoms with Crippen molar-refractivity contribution >= 4 is 11.9 Å². The molecule has 0 saturated carbocycles. The van der Waals surface area contributed by atoms with E-state index in [4.69, 9.17) is 5.11 Å². The minimum absolute atomic E-state index is 0.0537. The molecule has 0 spiro atoms. The zero-order valence-electron chi connectivity index (χ0n) is 8.67. The molecular weight excluding hydrogens is 198 g/mol. The second-order valence-corrected chi connectivity index (χ2v) is 3.11. The van der Waals surface area contributed by atoms with Crippen LogP contribution in [0.1, 0.15) is 17.4 Å². The van der Waals surface area contributed by atoms with Gasteiger partial charge in [-0.3, -0.25) is 9.48 Å². The van der Waals surface area contributed by atoms with Crippen LogP contribution in [0.4, 0.5) is 0 Å². The molecule has 0 aliphatic heterocycles. The number of carbonyl (C=O) groups excluding carboxylic acids is 1. The summed E-state index contributed by atoms with van der Waals surface area (Å²) in [5.41, 5.74) is -0.0537. The summed E-state index contributed by atoms with van der Waals surface area (Å²) in [4.78, 5) is 23.5. The van der Waals surface area contributed by atoms with Crippen molar-refractivity contribution in [3.8, 4) is 0 Å². The molecule has 0 fully saturated rings. The lowest BCUT2D eigenvalue weighted by atomic mass is 10.4. The van der Waals surface area contributed by atoms with E-state index in [9.17, 15) is 9.59 Å². The fourth-order valence-corrected chi connectivity index (χ4v) is 0.999. The first-order valence-corrected chi connectivity index (χ1v) is 4.55. The predicted octanol–water partition coefficient (Wildman–Crippen LogP) is 0.0596. The van der Waals surface area contributed by atoms with Crippen LogP contribution in [-0.2, 0) is 11.3 Å². The van der Waals surface area contributed by atoms with Crippen LogP contribution in [0.15, 0.2) is 12.3 Å². The molecule has 1 aromatic rings. The normalized spacial score (nSPS) is 10.0. The van der Waals surface area contributed by atoms with Crippen molar-refractivity contribution in [2.45, 2.75) is 13.5 Å². The highest BCUT2D eigenvalue weighted by Gasteiger charge is 2.11. The van der Waals surface area contributed by atoms with Gasteiger partial charge in [-0.1, -0.05) is 0 Å². The number of carboxylic acid groups (broad SMARTS) is 1. The number of carboxylic acids is 1. The SMILES string of the molecule is CCN(C)C(=O)Cn1ccc(C(=O)O)n1. The average molecular weight is 211 g/mol. The number of rotatable bonds is 4. The summed E-state index contributed by atoms with van der Waals surface area (Å²) in [6.07, 6.45) is 1.48. The predicted molar refractivity (Wildman–Crippen MR) is 52.5 cm³/mol. The standard InChI is InChI=1S/C9H13N3O3/c1-3-11(2)8(13)6-12-5-4-7(10-12)9(14)15/h4-5H,3,6H2,1-2H3,(H,14,15). The van der Waals surface area contributed by atoms with E-state index >= 15 is 0 Å². The second-order valence-electron chi connectivity index (χ2n) is 3.11. The van der Waals surface area contributed by atoms with Gasteiger partial charge in [0.25, 0.3) is 0 Å². The molecule has 1 amide bonds. The second kappa shape index (κ2) is 4.59. The Morgan fingerprint density at radius 2 is 2.27 bits per heavy atom. The molecule has 0 aromatic carbocycles. The molecule has 0 atom stereocenters. The Labute approximate surface area is 87.1 Å². The Hall–Kier alpha value is -1.85. The average Bonchev–Trinajstić information content (AvgIpc) is 2.65. The van der Waals surface area contributed by atoms with Gasteiger partial charge in [-0.25, -0.2) is 4.79 Å². The molecule has 6 nitrogen and oxygen atoms in total. The van der Waals surface area contributed by atoms with E-state index in [0.29, 0.717) is 6.54 Å². The zero-order chi connectivity index (χ0) is 11.4. The molecule has 82 valence electrons. The Bertz CT molecular complexity index is 372. The highest BCUT2D eigenvalue weighted by Crippen LogP contribution is 1.96. The van der Waals surface area contributed by atoms with E-state index in [1.54, 1.807) is 11.9 Å². The van der Waals surface area contributed by atoms with Crippen LogP contribution in [0, 0.1) is 0 Å². The quantitative estimate of drug-likeness (QED) is 0.764. The lowest BCUT2D eigenvalue weighted by molar-refractivity contribution is -0.130. The molecule has 1 N–H and O–H groups in total. The smallest absolute Gasteiger partial charge is 0.356 e. The summed E-state index contributed by atoms with van der Waals surface area (Å²) in [5, 5.41) is 12.4. The molecule has 6 heteroatoms. The first-order valence-electron chi connectivity index (χ1n) is 4.55. The van der Waals surface area contributed by atoms with Gasteiger partial charge in [0.15, 0.2) is 5.69 Å². The van der Waals surface area contributed by atoms with Gasteiger partial charge >= 0.3 is 5.97 Å². The third-order valence-electron chi connectivity index (χ3n) is 2.06. The lowest BCUT2D eigenvalue weighted by Crippen LogP contribution is -2.30. The number of amides is 1. The molecule has 0 saturated heterocycles.